The summed E-state index contributed by atoms with van der Waals surface area (Å²) in [7, 11) is 0. The third-order valence-electron chi connectivity index (χ3n) is 3.79. The molecule has 0 saturated heterocycles. The predicted molar refractivity (Wildman–Crippen MR) is 76.2 cm³/mol. The highest BCUT2D eigenvalue weighted by Gasteiger charge is 2.25. The van der Waals surface area contributed by atoms with Gasteiger partial charge in [-0.3, -0.25) is 0 Å². The quantitative estimate of drug-likeness (QED) is 0.810. The average molecular weight is 287 g/mol. The minimum Gasteiger partial charge on any atom is -0.508 e. The van der Waals surface area contributed by atoms with E-state index < -0.39 is 11.8 Å². The summed E-state index contributed by atoms with van der Waals surface area (Å²) in [5, 5.41) is 21.8. The van der Waals surface area contributed by atoms with Crippen molar-refractivity contribution in [3.8, 4) is 5.75 Å². The van der Waals surface area contributed by atoms with Crippen molar-refractivity contribution in [2.75, 3.05) is 5.32 Å². The van der Waals surface area contributed by atoms with Gasteiger partial charge in [0, 0.05) is 0 Å². The first-order valence-corrected chi connectivity index (χ1v) is 6.66. The van der Waals surface area contributed by atoms with Crippen molar-refractivity contribution in [2.24, 2.45) is 0 Å². The largest absolute Gasteiger partial charge is 0.508 e. The second-order valence-electron chi connectivity index (χ2n) is 5.08. The molecule has 108 valence electrons. The molecule has 3 rings (SSSR count). The lowest BCUT2D eigenvalue weighted by molar-refractivity contribution is 0.0697. The van der Waals surface area contributed by atoms with Crippen LogP contribution in [0.2, 0.25) is 0 Å². The topological polar surface area (TPSA) is 69.6 Å². The van der Waals surface area contributed by atoms with Gasteiger partial charge < -0.3 is 15.5 Å². The SMILES string of the molecule is O=C(O)c1ccc(F)c(NC2CCc3c(O)cccc32)c1. The lowest BCUT2D eigenvalue weighted by Gasteiger charge is -2.16. The van der Waals surface area contributed by atoms with Crippen molar-refractivity contribution < 1.29 is 19.4 Å². The van der Waals surface area contributed by atoms with Gasteiger partial charge in [0.15, 0.2) is 0 Å². The van der Waals surface area contributed by atoms with E-state index in [4.69, 9.17) is 5.11 Å². The molecule has 5 heteroatoms. The van der Waals surface area contributed by atoms with Crippen molar-refractivity contribution in [2.45, 2.75) is 18.9 Å². The molecule has 2 aromatic rings. The highest BCUT2D eigenvalue weighted by molar-refractivity contribution is 5.88. The van der Waals surface area contributed by atoms with Gasteiger partial charge in [-0.15, -0.1) is 0 Å². The zero-order valence-electron chi connectivity index (χ0n) is 11.1. The van der Waals surface area contributed by atoms with Crippen LogP contribution in [0.3, 0.4) is 0 Å². The van der Waals surface area contributed by atoms with Crippen LogP contribution < -0.4 is 5.32 Å². The lowest BCUT2D eigenvalue weighted by atomic mass is 10.1. The first-order chi connectivity index (χ1) is 10.1. The summed E-state index contributed by atoms with van der Waals surface area (Å²) in [5.41, 5.74) is 1.99. The molecular weight excluding hydrogens is 273 g/mol. The second-order valence-corrected chi connectivity index (χ2v) is 5.08. The number of carboxylic acids is 1. The zero-order chi connectivity index (χ0) is 15.0. The maximum absolute atomic E-state index is 13.8. The number of hydrogen-bond acceptors (Lipinski definition) is 3. The maximum atomic E-state index is 13.8. The van der Waals surface area contributed by atoms with E-state index in [0.717, 1.165) is 23.6 Å². The van der Waals surface area contributed by atoms with E-state index in [1.807, 2.05) is 6.07 Å². The number of carbonyl (C=O) groups is 1. The molecule has 2 aromatic carbocycles. The minimum absolute atomic E-state index is 0.0352. The molecule has 21 heavy (non-hydrogen) atoms. The minimum atomic E-state index is -1.09. The van der Waals surface area contributed by atoms with E-state index in [0.29, 0.717) is 6.42 Å². The summed E-state index contributed by atoms with van der Waals surface area (Å²) in [4.78, 5) is 11.0. The van der Waals surface area contributed by atoms with Crippen LogP contribution in [0.1, 0.15) is 33.9 Å². The van der Waals surface area contributed by atoms with Crippen LogP contribution in [-0.4, -0.2) is 16.2 Å². The molecule has 0 aromatic heterocycles. The van der Waals surface area contributed by atoms with Gasteiger partial charge in [-0.05, 0) is 48.2 Å². The fourth-order valence-electron chi connectivity index (χ4n) is 2.74. The van der Waals surface area contributed by atoms with Crippen LogP contribution in [0.25, 0.3) is 0 Å². The van der Waals surface area contributed by atoms with E-state index in [1.165, 1.54) is 12.1 Å². The monoisotopic (exact) mass is 287 g/mol. The fourth-order valence-corrected chi connectivity index (χ4v) is 2.74. The molecule has 1 unspecified atom stereocenters. The molecule has 4 nitrogen and oxygen atoms in total. The Kier molecular flexibility index (Phi) is 3.25. The number of phenols is 1. The standard InChI is InChI=1S/C16H14FNO3/c17-12-6-4-9(16(20)21)8-14(12)18-13-7-5-11-10(13)2-1-3-15(11)19/h1-4,6,8,13,18-19H,5,7H2,(H,20,21). The molecule has 0 radical (unpaired) electrons. The van der Waals surface area contributed by atoms with E-state index in [1.54, 1.807) is 12.1 Å². The van der Waals surface area contributed by atoms with Crippen LogP contribution in [0.4, 0.5) is 10.1 Å². The van der Waals surface area contributed by atoms with Gasteiger partial charge in [0.25, 0.3) is 0 Å². The highest BCUT2D eigenvalue weighted by Crippen LogP contribution is 2.38. The van der Waals surface area contributed by atoms with Gasteiger partial charge in [-0.25, -0.2) is 9.18 Å². The number of carboxylic acid groups (broad SMARTS) is 1. The second kappa shape index (κ2) is 5.09. The number of aromatic hydroxyl groups is 1. The summed E-state index contributed by atoms with van der Waals surface area (Å²) < 4.78 is 13.8. The Morgan fingerprint density at radius 2 is 2.10 bits per heavy atom. The first-order valence-electron chi connectivity index (χ1n) is 6.66. The Bertz CT molecular complexity index is 715. The van der Waals surface area contributed by atoms with Crippen molar-refractivity contribution in [3.63, 3.8) is 0 Å². The number of halogens is 1. The van der Waals surface area contributed by atoms with Crippen molar-refractivity contribution in [3.05, 3.63) is 58.9 Å². The molecule has 0 heterocycles. The van der Waals surface area contributed by atoms with Gasteiger partial charge in [-0.1, -0.05) is 12.1 Å². The van der Waals surface area contributed by atoms with Crippen LogP contribution in [0, 0.1) is 5.82 Å². The van der Waals surface area contributed by atoms with Gasteiger partial charge in [0.1, 0.15) is 11.6 Å². The molecule has 0 fully saturated rings. The molecular formula is C16H14FNO3. The highest BCUT2D eigenvalue weighted by atomic mass is 19.1. The number of phenolic OH excluding ortho intramolecular Hbond substituents is 1. The molecule has 0 bridgehead atoms. The normalized spacial score (nSPS) is 16.5. The molecule has 0 aliphatic heterocycles. The number of fused-ring (bicyclic) bond motifs is 1. The number of benzene rings is 2. The Morgan fingerprint density at radius 3 is 2.86 bits per heavy atom. The van der Waals surface area contributed by atoms with Crippen molar-refractivity contribution in [1.29, 1.82) is 0 Å². The van der Waals surface area contributed by atoms with E-state index >= 15 is 0 Å². The third-order valence-corrected chi connectivity index (χ3v) is 3.79. The summed E-state index contributed by atoms with van der Waals surface area (Å²) in [5.74, 6) is -1.34. The fraction of sp³-hybridized carbons (Fsp3) is 0.188. The zero-order valence-corrected chi connectivity index (χ0v) is 11.1. The van der Waals surface area contributed by atoms with Gasteiger partial charge in [-0.2, -0.15) is 0 Å². The molecule has 1 atom stereocenters. The van der Waals surface area contributed by atoms with Crippen molar-refractivity contribution in [1.82, 2.24) is 0 Å². The van der Waals surface area contributed by atoms with Gasteiger partial charge >= 0.3 is 5.97 Å². The Hall–Kier alpha value is -2.56. The summed E-state index contributed by atoms with van der Waals surface area (Å²) in [6, 6.07) is 8.80. The van der Waals surface area contributed by atoms with Gasteiger partial charge in [0.2, 0.25) is 0 Å². The molecule has 0 spiro atoms. The van der Waals surface area contributed by atoms with E-state index in [-0.39, 0.29) is 23.0 Å². The number of rotatable bonds is 3. The van der Waals surface area contributed by atoms with E-state index in [2.05, 4.69) is 5.32 Å². The average Bonchev–Trinajstić information content (AvgIpc) is 2.86. The van der Waals surface area contributed by atoms with Crippen LogP contribution >= 0.6 is 0 Å². The maximum Gasteiger partial charge on any atom is 0.335 e. The van der Waals surface area contributed by atoms with Crippen LogP contribution in [0.15, 0.2) is 36.4 Å². The van der Waals surface area contributed by atoms with Crippen LogP contribution in [-0.2, 0) is 6.42 Å². The molecule has 1 aliphatic rings. The summed E-state index contributed by atoms with van der Waals surface area (Å²) in [6.07, 6.45) is 1.43. The Balaban J connectivity index is 1.91. The Morgan fingerprint density at radius 1 is 1.29 bits per heavy atom. The predicted octanol–water partition coefficient (Wildman–Crippen LogP) is 3.33. The number of aromatic carboxylic acids is 1. The molecule has 0 amide bonds. The summed E-state index contributed by atoms with van der Waals surface area (Å²) in [6.45, 7) is 0. The van der Waals surface area contributed by atoms with Gasteiger partial charge in [0.05, 0.1) is 17.3 Å². The lowest BCUT2D eigenvalue weighted by Crippen LogP contribution is -2.09. The molecule has 0 saturated carbocycles. The molecule has 1 aliphatic carbocycles. The van der Waals surface area contributed by atoms with Crippen LogP contribution in [0.5, 0.6) is 5.75 Å². The summed E-state index contributed by atoms with van der Waals surface area (Å²) >= 11 is 0. The first kappa shape index (κ1) is 13.4. The van der Waals surface area contributed by atoms with Crippen molar-refractivity contribution >= 4 is 11.7 Å². The number of hydrogen-bond donors (Lipinski definition) is 3. The Labute approximate surface area is 120 Å². The smallest absolute Gasteiger partial charge is 0.335 e. The third kappa shape index (κ3) is 2.42. The van der Waals surface area contributed by atoms with E-state index in [9.17, 15) is 14.3 Å². The number of anilines is 1. The number of nitrogens with one attached hydrogen (secondary N) is 1. The molecule has 3 N–H and O–H groups in total.